The summed E-state index contributed by atoms with van der Waals surface area (Å²) in [6, 6.07) is 14.0. The van der Waals surface area contributed by atoms with Crippen molar-refractivity contribution in [3.05, 3.63) is 69.8 Å². The Bertz CT molecular complexity index is 1020. The number of Topliss-reactive ketones (excluding diaryl/α,β-unsaturated/α-hetero) is 1. The van der Waals surface area contributed by atoms with Gasteiger partial charge in [0.2, 0.25) is 0 Å². The first-order valence-electron chi connectivity index (χ1n) is 10.7. The van der Waals surface area contributed by atoms with E-state index < -0.39 is 0 Å². The zero-order valence-corrected chi connectivity index (χ0v) is 18.8. The molecule has 0 amide bonds. The van der Waals surface area contributed by atoms with Crippen LogP contribution in [0.15, 0.2) is 48.5 Å². The topological polar surface area (TPSA) is 42.4 Å². The van der Waals surface area contributed by atoms with Gasteiger partial charge in [0.05, 0.1) is 17.8 Å². The quantitative estimate of drug-likeness (QED) is 0.463. The third-order valence-corrected chi connectivity index (χ3v) is 6.94. The fourth-order valence-electron chi connectivity index (χ4n) is 4.14. The number of nitrogens with zero attached hydrogens (tertiary/aromatic N) is 2. The zero-order valence-electron chi connectivity index (χ0n) is 17.9. The first kappa shape index (κ1) is 21.7. The van der Waals surface area contributed by atoms with Gasteiger partial charge in [0.15, 0.2) is 5.78 Å². The number of halogens is 1. The Balaban J connectivity index is 1.34. The molecule has 2 heterocycles. The highest BCUT2D eigenvalue weighted by molar-refractivity contribution is 7.12. The molecule has 4 rings (SSSR count). The second-order valence-corrected chi connectivity index (χ2v) is 9.26. The molecule has 1 aromatic heterocycles. The Morgan fingerprint density at radius 3 is 2.45 bits per heavy atom. The molecular formula is C25H27FN2O2S. The van der Waals surface area contributed by atoms with E-state index in [1.54, 1.807) is 30.6 Å². The fraction of sp³-hybridized carbons (Fsp3) is 0.360. The summed E-state index contributed by atoms with van der Waals surface area (Å²) in [6.45, 7) is 4.83. The molecule has 0 saturated carbocycles. The number of ether oxygens (including phenoxy) is 1. The smallest absolute Gasteiger partial charge is 0.166 e. The molecule has 31 heavy (non-hydrogen) atoms. The normalized spacial score (nSPS) is 15.2. The summed E-state index contributed by atoms with van der Waals surface area (Å²) in [7, 11) is 1.67. The van der Waals surface area contributed by atoms with Gasteiger partial charge in [-0.3, -0.25) is 4.79 Å². The molecular weight excluding hydrogens is 411 g/mol. The van der Waals surface area contributed by atoms with Crippen LogP contribution in [0.5, 0.6) is 5.75 Å². The molecule has 0 atom stereocenters. The van der Waals surface area contributed by atoms with Crippen molar-refractivity contribution in [1.82, 2.24) is 9.88 Å². The molecule has 4 nitrogen and oxygen atoms in total. The van der Waals surface area contributed by atoms with E-state index in [-0.39, 0.29) is 17.5 Å². The van der Waals surface area contributed by atoms with Crippen LogP contribution in [-0.4, -0.2) is 42.4 Å². The summed E-state index contributed by atoms with van der Waals surface area (Å²) >= 11 is 1.76. The highest BCUT2D eigenvalue weighted by Gasteiger charge is 2.26. The second-order valence-electron chi connectivity index (χ2n) is 7.97. The molecule has 0 N–H and O–H groups in total. The van der Waals surface area contributed by atoms with Crippen LogP contribution in [0.1, 0.15) is 33.1 Å². The summed E-state index contributed by atoms with van der Waals surface area (Å²) in [4.78, 5) is 21.2. The van der Waals surface area contributed by atoms with Crippen molar-refractivity contribution in [2.45, 2.75) is 26.2 Å². The second kappa shape index (κ2) is 9.71. The fourth-order valence-corrected chi connectivity index (χ4v) is 5.09. The minimum Gasteiger partial charge on any atom is -0.497 e. The molecule has 0 bridgehead atoms. The highest BCUT2D eigenvalue weighted by Crippen LogP contribution is 2.30. The predicted octanol–water partition coefficient (Wildman–Crippen LogP) is 5.40. The van der Waals surface area contributed by atoms with Gasteiger partial charge in [0.1, 0.15) is 11.6 Å². The molecule has 0 radical (unpaired) electrons. The van der Waals surface area contributed by atoms with Crippen LogP contribution < -0.4 is 4.74 Å². The zero-order chi connectivity index (χ0) is 21.8. The molecule has 2 aromatic carbocycles. The molecule has 162 valence electrons. The summed E-state index contributed by atoms with van der Waals surface area (Å²) < 4.78 is 18.4. The maximum Gasteiger partial charge on any atom is 0.166 e. The van der Waals surface area contributed by atoms with Crippen LogP contribution in [0.25, 0.3) is 11.3 Å². The van der Waals surface area contributed by atoms with Crippen molar-refractivity contribution < 1.29 is 13.9 Å². The molecule has 1 aliphatic rings. The summed E-state index contributed by atoms with van der Waals surface area (Å²) in [5, 5.41) is 1.07. The SMILES string of the molecule is COc1ccc(-c2nc(C)sc2CCN2CCC(C(=O)c3ccc(F)cc3)CC2)cc1. The maximum absolute atomic E-state index is 13.1. The summed E-state index contributed by atoms with van der Waals surface area (Å²) in [6.07, 6.45) is 2.65. The van der Waals surface area contributed by atoms with Gasteiger partial charge < -0.3 is 9.64 Å². The molecule has 0 spiro atoms. The van der Waals surface area contributed by atoms with Gasteiger partial charge >= 0.3 is 0 Å². The lowest BCUT2D eigenvalue weighted by atomic mass is 9.89. The number of aryl methyl sites for hydroxylation is 1. The van der Waals surface area contributed by atoms with E-state index in [0.29, 0.717) is 5.56 Å². The van der Waals surface area contributed by atoms with Crippen molar-refractivity contribution in [3.8, 4) is 17.0 Å². The average Bonchev–Trinajstić information content (AvgIpc) is 3.18. The van der Waals surface area contributed by atoms with E-state index in [1.807, 2.05) is 19.1 Å². The highest BCUT2D eigenvalue weighted by atomic mass is 32.1. The van der Waals surface area contributed by atoms with Crippen LogP contribution in [0.4, 0.5) is 4.39 Å². The predicted molar refractivity (Wildman–Crippen MR) is 122 cm³/mol. The van der Waals surface area contributed by atoms with Gasteiger partial charge in [-0.25, -0.2) is 9.37 Å². The number of hydrogen-bond acceptors (Lipinski definition) is 5. The number of benzene rings is 2. The number of rotatable bonds is 7. The molecule has 3 aromatic rings. The molecule has 1 saturated heterocycles. The molecule has 0 unspecified atom stereocenters. The minimum absolute atomic E-state index is 0.0298. The molecule has 6 heteroatoms. The van der Waals surface area contributed by atoms with Crippen molar-refractivity contribution in [3.63, 3.8) is 0 Å². The van der Waals surface area contributed by atoms with E-state index in [9.17, 15) is 9.18 Å². The van der Waals surface area contributed by atoms with Crippen molar-refractivity contribution >= 4 is 17.1 Å². The number of likely N-dealkylation sites (tertiary alicyclic amines) is 1. The Hall–Kier alpha value is -2.57. The van der Waals surface area contributed by atoms with Gasteiger partial charge in [-0.05, 0) is 87.8 Å². The largest absolute Gasteiger partial charge is 0.497 e. The third kappa shape index (κ3) is 5.20. The molecule has 1 aliphatic heterocycles. The van der Waals surface area contributed by atoms with Crippen LogP contribution in [-0.2, 0) is 6.42 Å². The lowest BCUT2D eigenvalue weighted by Gasteiger charge is -2.31. The monoisotopic (exact) mass is 438 g/mol. The Labute approximate surface area is 186 Å². The van der Waals surface area contributed by atoms with E-state index >= 15 is 0 Å². The molecule has 0 aliphatic carbocycles. The van der Waals surface area contributed by atoms with Crippen molar-refractivity contribution in [2.75, 3.05) is 26.7 Å². The summed E-state index contributed by atoms with van der Waals surface area (Å²) in [5.74, 6) is 0.704. The van der Waals surface area contributed by atoms with Gasteiger partial charge in [0, 0.05) is 28.5 Å². The molecule has 1 fully saturated rings. The number of methoxy groups -OCH3 is 1. The van der Waals surface area contributed by atoms with E-state index in [0.717, 1.165) is 60.9 Å². The number of ketones is 1. The van der Waals surface area contributed by atoms with E-state index in [2.05, 4.69) is 17.0 Å². The standard InChI is InChI=1S/C25H27FN2O2S/c1-17-27-24(18-5-9-22(30-2)10-6-18)23(31-17)13-16-28-14-11-20(12-15-28)25(29)19-3-7-21(26)8-4-19/h3-10,20H,11-16H2,1-2H3. The van der Waals surface area contributed by atoms with Gasteiger partial charge in [-0.15, -0.1) is 11.3 Å². The lowest BCUT2D eigenvalue weighted by Crippen LogP contribution is -2.37. The summed E-state index contributed by atoms with van der Waals surface area (Å²) in [5.41, 5.74) is 2.79. The number of aromatic nitrogens is 1. The van der Waals surface area contributed by atoms with Gasteiger partial charge in [-0.2, -0.15) is 0 Å². The number of thiazole rings is 1. The average molecular weight is 439 g/mol. The first-order valence-corrected chi connectivity index (χ1v) is 11.5. The number of carbonyl (C=O) groups excluding carboxylic acids is 1. The Kier molecular flexibility index (Phi) is 6.78. The van der Waals surface area contributed by atoms with Crippen LogP contribution >= 0.6 is 11.3 Å². The number of carbonyl (C=O) groups is 1. The number of piperidine rings is 1. The maximum atomic E-state index is 13.1. The van der Waals surface area contributed by atoms with Gasteiger partial charge in [-0.1, -0.05) is 0 Å². The Morgan fingerprint density at radius 2 is 1.81 bits per heavy atom. The minimum atomic E-state index is -0.307. The van der Waals surface area contributed by atoms with Crippen molar-refractivity contribution in [2.24, 2.45) is 5.92 Å². The van der Waals surface area contributed by atoms with Gasteiger partial charge in [0.25, 0.3) is 0 Å². The van der Waals surface area contributed by atoms with E-state index in [1.165, 1.54) is 17.0 Å². The van der Waals surface area contributed by atoms with Crippen molar-refractivity contribution in [1.29, 1.82) is 0 Å². The van der Waals surface area contributed by atoms with Crippen LogP contribution in [0.2, 0.25) is 0 Å². The third-order valence-electron chi connectivity index (χ3n) is 5.91. The van der Waals surface area contributed by atoms with Crippen LogP contribution in [0, 0.1) is 18.7 Å². The Morgan fingerprint density at radius 1 is 1.13 bits per heavy atom. The first-order chi connectivity index (χ1) is 15.0. The lowest BCUT2D eigenvalue weighted by molar-refractivity contribution is 0.0841. The number of hydrogen-bond donors (Lipinski definition) is 0. The van der Waals surface area contributed by atoms with E-state index in [4.69, 9.17) is 9.72 Å². The van der Waals surface area contributed by atoms with Crippen LogP contribution in [0.3, 0.4) is 0 Å².